The number of carboxylic acids is 1. The summed E-state index contributed by atoms with van der Waals surface area (Å²) in [6.45, 7) is 0.408. The van der Waals surface area contributed by atoms with Gasteiger partial charge in [-0.05, 0) is 60.7 Å². The van der Waals surface area contributed by atoms with Crippen LogP contribution in [0.3, 0.4) is 0 Å². The maximum Gasteiger partial charge on any atom is 0.339 e. The number of benzene rings is 3. The lowest BCUT2D eigenvalue weighted by atomic mass is 9.83. The summed E-state index contributed by atoms with van der Waals surface area (Å²) >= 11 is 6.84. The van der Waals surface area contributed by atoms with E-state index in [2.05, 4.69) is 0 Å². The first-order chi connectivity index (χ1) is 18.8. The van der Waals surface area contributed by atoms with Crippen LogP contribution in [0.2, 0.25) is 5.02 Å². The fraction of sp³-hybridized carbons (Fsp3) is 0.345. The van der Waals surface area contributed by atoms with Crippen LogP contribution in [0.25, 0.3) is 11.1 Å². The van der Waals surface area contributed by atoms with Gasteiger partial charge in [-0.1, -0.05) is 49.1 Å². The van der Waals surface area contributed by atoms with Crippen LogP contribution in [0.5, 0.6) is 11.5 Å². The minimum absolute atomic E-state index is 0.0748. The van der Waals surface area contributed by atoms with Gasteiger partial charge in [-0.15, -0.1) is 0 Å². The van der Waals surface area contributed by atoms with Crippen molar-refractivity contribution < 1.29 is 27.8 Å². The van der Waals surface area contributed by atoms with E-state index < -0.39 is 16.0 Å². The average Bonchev–Trinajstić information content (AvgIpc) is 3.39. The van der Waals surface area contributed by atoms with Gasteiger partial charge in [-0.3, -0.25) is 0 Å². The second-order valence-corrected chi connectivity index (χ2v) is 12.7. The van der Waals surface area contributed by atoms with Crippen LogP contribution < -0.4 is 14.4 Å². The zero-order valence-corrected chi connectivity index (χ0v) is 23.0. The molecule has 39 heavy (non-hydrogen) atoms. The number of carboxylic acid groups (broad SMARTS) is 1. The molecule has 0 aromatic heterocycles. The lowest BCUT2D eigenvalue weighted by molar-refractivity contribution is 0.0692. The van der Waals surface area contributed by atoms with Crippen LogP contribution in [-0.2, 0) is 10.0 Å². The third kappa shape index (κ3) is 4.52. The number of likely N-dealkylation sites (N-methyl/N-ethyl adjacent to an activating group) is 1. The Hall–Kier alpha value is -3.27. The van der Waals surface area contributed by atoms with Crippen LogP contribution >= 0.6 is 11.6 Å². The molecule has 1 N–H and O–H groups in total. The Bertz CT molecular complexity index is 1540. The molecule has 1 atom stereocenters. The van der Waals surface area contributed by atoms with E-state index in [1.807, 2.05) is 35.2 Å². The monoisotopic (exact) mass is 568 g/mol. The fourth-order valence-corrected chi connectivity index (χ4v) is 7.93. The molecule has 0 bridgehead atoms. The van der Waals surface area contributed by atoms with E-state index in [9.17, 15) is 18.3 Å². The lowest BCUT2D eigenvalue weighted by Gasteiger charge is -2.36. The van der Waals surface area contributed by atoms with Crippen molar-refractivity contribution in [3.8, 4) is 22.6 Å². The number of anilines is 2. The lowest BCUT2D eigenvalue weighted by Crippen LogP contribution is -2.46. The molecule has 3 aromatic rings. The topological polar surface area (TPSA) is 96.4 Å². The summed E-state index contributed by atoms with van der Waals surface area (Å²) in [5, 5.41) is 10.1. The molecule has 0 unspecified atom stereocenters. The number of hydrogen-bond acceptors (Lipinski definition) is 6. The maximum absolute atomic E-state index is 14.2. The minimum atomic E-state index is -3.92. The van der Waals surface area contributed by atoms with Crippen LogP contribution in [-0.4, -0.2) is 50.2 Å². The Balaban J connectivity index is 1.54. The van der Waals surface area contributed by atoms with Crippen molar-refractivity contribution >= 4 is 39.0 Å². The van der Waals surface area contributed by atoms with Crippen LogP contribution in [0.1, 0.15) is 42.5 Å². The van der Waals surface area contributed by atoms with E-state index in [4.69, 9.17) is 21.1 Å². The van der Waals surface area contributed by atoms with E-state index in [1.165, 1.54) is 16.8 Å². The Morgan fingerprint density at radius 1 is 1.03 bits per heavy atom. The Morgan fingerprint density at radius 3 is 2.49 bits per heavy atom. The molecule has 6 rings (SSSR count). The van der Waals surface area contributed by atoms with Gasteiger partial charge in [0.2, 0.25) is 16.8 Å². The normalized spacial score (nSPS) is 20.9. The van der Waals surface area contributed by atoms with Crippen LogP contribution in [0.4, 0.5) is 11.4 Å². The highest BCUT2D eigenvalue weighted by Crippen LogP contribution is 2.46. The molecular weight excluding hydrogens is 540 g/mol. The molecule has 3 aliphatic rings. The summed E-state index contributed by atoms with van der Waals surface area (Å²) in [5.41, 5.74) is 2.14. The zero-order valence-electron chi connectivity index (χ0n) is 21.5. The SMILES string of the molecule is CN1[C@H](C2CCCCC2)CN(c2ccccc2)c2cc(Cl)c(-c3cc4c(c(C(=O)O)c3)OCO4)cc2S1(=O)=O. The number of halogens is 1. The van der Waals surface area contributed by atoms with E-state index in [1.54, 1.807) is 25.2 Å². The molecule has 3 aromatic carbocycles. The summed E-state index contributed by atoms with van der Waals surface area (Å²) in [5.74, 6) is -0.502. The third-order valence-electron chi connectivity index (χ3n) is 8.11. The standard InChI is InChI=1S/C29H29ClN2O6S/c1-31-25(18-8-4-2-5-9-18)16-32(20-10-6-3-7-11-20)24-15-23(30)21(14-27(24)39(31,35)36)19-12-22(29(33)34)28-26(13-19)37-17-38-28/h3,6-7,10-15,18,25H,2,4-5,8-9,16-17H2,1H3,(H,33,34)/t25-/m0/s1. The van der Waals surface area contributed by atoms with Gasteiger partial charge in [0, 0.05) is 30.9 Å². The van der Waals surface area contributed by atoms with Crippen molar-refractivity contribution in [2.45, 2.75) is 43.0 Å². The Kier molecular flexibility index (Phi) is 6.69. The van der Waals surface area contributed by atoms with Gasteiger partial charge in [-0.25, -0.2) is 13.2 Å². The van der Waals surface area contributed by atoms with Gasteiger partial charge < -0.3 is 19.5 Å². The maximum atomic E-state index is 14.2. The smallest absolute Gasteiger partial charge is 0.339 e. The number of hydrogen-bond donors (Lipinski definition) is 1. The van der Waals surface area contributed by atoms with Crippen molar-refractivity contribution in [3.63, 3.8) is 0 Å². The van der Waals surface area contributed by atoms with Crippen LogP contribution in [0, 0.1) is 5.92 Å². The summed E-state index contributed by atoms with van der Waals surface area (Å²) in [6, 6.07) is 15.8. The second-order valence-electron chi connectivity index (χ2n) is 10.3. The van der Waals surface area contributed by atoms with Crippen molar-refractivity contribution in [1.29, 1.82) is 0 Å². The van der Waals surface area contributed by atoms with Crippen molar-refractivity contribution in [3.05, 3.63) is 65.2 Å². The molecule has 2 aliphatic heterocycles. The first-order valence-corrected chi connectivity index (χ1v) is 14.9. The van der Waals surface area contributed by atoms with Gasteiger partial charge in [0.25, 0.3) is 0 Å². The summed E-state index contributed by atoms with van der Waals surface area (Å²) in [6.07, 6.45) is 5.35. The predicted octanol–water partition coefficient (Wildman–Crippen LogP) is 6.16. The highest BCUT2D eigenvalue weighted by atomic mass is 35.5. The molecule has 2 heterocycles. The van der Waals surface area contributed by atoms with Crippen molar-refractivity contribution in [2.24, 2.45) is 5.92 Å². The van der Waals surface area contributed by atoms with Gasteiger partial charge >= 0.3 is 5.97 Å². The van der Waals surface area contributed by atoms with E-state index in [-0.39, 0.29) is 40.7 Å². The van der Waals surface area contributed by atoms with Gasteiger partial charge in [-0.2, -0.15) is 4.31 Å². The number of rotatable bonds is 4. The van der Waals surface area contributed by atoms with E-state index in [0.717, 1.165) is 31.4 Å². The first kappa shape index (κ1) is 26.0. The number of sulfonamides is 1. The predicted molar refractivity (Wildman–Crippen MR) is 149 cm³/mol. The molecule has 204 valence electrons. The number of ether oxygens (including phenoxy) is 2. The number of nitrogens with zero attached hydrogens (tertiary/aromatic N) is 2. The zero-order chi connectivity index (χ0) is 27.3. The number of carbonyl (C=O) groups is 1. The Morgan fingerprint density at radius 2 is 1.77 bits per heavy atom. The minimum Gasteiger partial charge on any atom is -0.478 e. The van der Waals surface area contributed by atoms with Gasteiger partial charge in [0.1, 0.15) is 10.5 Å². The van der Waals surface area contributed by atoms with Crippen molar-refractivity contribution in [2.75, 3.05) is 25.3 Å². The van der Waals surface area contributed by atoms with Crippen molar-refractivity contribution in [1.82, 2.24) is 4.31 Å². The first-order valence-electron chi connectivity index (χ1n) is 13.1. The van der Waals surface area contributed by atoms with Gasteiger partial charge in [0.15, 0.2) is 11.5 Å². The molecule has 0 spiro atoms. The molecule has 0 saturated heterocycles. The van der Waals surface area contributed by atoms with E-state index in [0.29, 0.717) is 28.4 Å². The summed E-state index contributed by atoms with van der Waals surface area (Å²) < 4.78 is 40.8. The third-order valence-corrected chi connectivity index (χ3v) is 10.3. The number of fused-ring (bicyclic) bond motifs is 2. The molecule has 8 nitrogen and oxygen atoms in total. The van der Waals surface area contributed by atoms with Gasteiger partial charge in [0.05, 0.1) is 10.7 Å². The van der Waals surface area contributed by atoms with E-state index >= 15 is 0 Å². The highest BCUT2D eigenvalue weighted by Gasteiger charge is 2.41. The molecule has 10 heteroatoms. The average molecular weight is 569 g/mol. The summed E-state index contributed by atoms with van der Waals surface area (Å²) in [7, 11) is -2.25. The van der Waals surface area contributed by atoms with Crippen LogP contribution in [0.15, 0.2) is 59.5 Å². The largest absolute Gasteiger partial charge is 0.478 e. The molecule has 1 fully saturated rings. The summed E-state index contributed by atoms with van der Waals surface area (Å²) in [4.78, 5) is 14.1. The molecular formula is C29H29ClN2O6S. The molecule has 0 amide bonds. The highest BCUT2D eigenvalue weighted by molar-refractivity contribution is 7.89. The number of aromatic carboxylic acids is 1. The molecule has 1 aliphatic carbocycles. The molecule has 0 radical (unpaired) electrons. The number of para-hydroxylation sites is 1. The second kappa shape index (κ2) is 10.0. The fourth-order valence-electron chi connectivity index (χ4n) is 6.06. The quantitative estimate of drug-likeness (QED) is 0.403. The molecule has 1 saturated carbocycles. The Labute approximate surface area is 232 Å².